The van der Waals surface area contributed by atoms with Crippen molar-refractivity contribution in [2.45, 2.75) is 19.0 Å². The highest BCUT2D eigenvalue weighted by Gasteiger charge is 2.47. The molecule has 0 radical (unpaired) electrons. The first-order valence-corrected chi connectivity index (χ1v) is 10.8. The SMILES string of the molecule is Cc1ccc(-c2cc(C(=O)N3CCN(C)[C@@H]4CS(=O)(=O)C[C@@H]43)n[nH]2)s1. The molecule has 0 aliphatic carbocycles. The summed E-state index contributed by atoms with van der Waals surface area (Å²) in [5.74, 6) is -0.0381. The summed E-state index contributed by atoms with van der Waals surface area (Å²) < 4.78 is 24.1. The van der Waals surface area contributed by atoms with Gasteiger partial charge in [0.2, 0.25) is 0 Å². The Morgan fingerprint density at radius 2 is 2.04 bits per heavy atom. The van der Waals surface area contributed by atoms with Gasteiger partial charge in [-0.05, 0) is 32.2 Å². The molecular weight excluding hydrogens is 360 g/mol. The number of carbonyl (C=O) groups is 1. The normalized spacial score (nSPS) is 25.9. The fraction of sp³-hybridized carbons (Fsp3) is 0.500. The average molecular weight is 380 g/mol. The van der Waals surface area contributed by atoms with Gasteiger partial charge in [0.1, 0.15) is 0 Å². The second-order valence-electron chi connectivity index (χ2n) is 6.77. The minimum atomic E-state index is -3.11. The summed E-state index contributed by atoms with van der Waals surface area (Å²) in [5.41, 5.74) is 1.15. The van der Waals surface area contributed by atoms with E-state index in [1.165, 1.54) is 4.88 Å². The van der Waals surface area contributed by atoms with E-state index in [1.54, 1.807) is 22.3 Å². The quantitative estimate of drug-likeness (QED) is 0.840. The molecule has 7 nitrogen and oxygen atoms in total. The number of piperazine rings is 1. The average Bonchev–Trinajstić information content (AvgIpc) is 3.24. The molecule has 0 aromatic carbocycles. The van der Waals surface area contributed by atoms with Crippen molar-refractivity contribution in [2.24, 2.45) is 0 Å². The molecule has 2 aromatic rings. The van der Waals surface area contributed by atoms with Crippen molar-refractivity contribution >= 4 is 27.1 Å². The van der Waals surface area contributed by atoms with Crippen LogP contribution in [-0.4, -0.2) is 78.0 Å². The number of aryl methyl sites for hydroxylation is 1. The fourth-order valence-corrected chi connectivity index (χ4v) is 6.55. The van der Waals surface area contributed by atoms with Gasteiger partial charge < -0.3 is 4.90 Å². The van der Waals surface area contributed by atoms with Crippen LogP contribution < -0.4 is 0 Å². The van der Waals surface area contributed by atoms with E-state index in [-0.39, 0.29) is 29.5 Å². The molecule has 0 bridgehead atoms. The molecule has 2 atom stereocenters. The Morgan fingerprint density at radius 1 is 1.28 bits per heavy atom. The summed E-state index contributed by atoms with van der Waals surface area (Å²) in [6.45, 7) is 3.22. The van der Waals surface area contributed by atoms with Crippen LogP contribution in [0, 0.1) is 6.92 Å². The van der Waals surface area contributed by atoms with Crippen LogP contribution in [0.1, 0.15) is 15.4 Å². The number of H-pyrrole nitrogens is 1. The van der Waals surface area contributed by atoms with Crippen molar-refractivity contribution < 1.29 is 13.2 Å². The molecule has 1 amide bonds. The van der Waals surface area contributed by atoms with E-state index < -0.39 is 9.84 Å². The molecule has 4 heterocycles. The van der Waals surface area contributed by atoms with Crippen LogP contribution in [-0.2, 0) is 9.84 Å². The van der Waals surface area contributed by atoms with Gasteiger partial charge >= 0.3 is 0 Å². The third kappa shape index (κ3) is 3.00. The maximum absolute atomic E-state index is 12.9. The number of aromatic nitrogens is 2. The third-order valence-electron chi connectivity index (χ3n) is 5.02. The topological polar surface area (TPSA) is 86.4 Å². The third-order valence-corrected chi connectivity index (χ3v) is 7.75. The Balaban J connectivity index is 1.59. The van der Waals surface area contributed by atoms with E-state index in [4.69, 9.17) is 0 Å². The predicted octanol–water partition coefficient (Wildman–Crippen LogP) is 1.000. The van der Waals surface area contributed by atoms with Crippen molar-refractivity contribution in [3.63, 3.8) is 0 Å². The largest absolute Gasteiger partial charge is 0.330 e. The molecule has 1 N–H and O–H groups in total. The molecule has 9 heteroatoms. The summed E-state index contributed by atoms with van der Waals surface area (Å²) in [6, 6.07) is 5.36. The highest BCUT2D eigenvalue weighted by atomic mass is 32.2. The first-order chi connectivity index (χ1) is 11.8. The lowest BCUT2D eigenvalue weighted by Crippen LogP contribution is -2.59. The van der Waals surface area contributed by atoms with Crippen molar-refractivity contribution in [1.82, 2.24) is 20.0 Å². The molecule has 2 aromatic heterocycles. The summed E-state index contributed by atoms with van der Waals surface area (Å²) in [7, 11) is -1.18. The van der Waals surface area contributed by atoms with Gasteiger partial charge in [0.25, 0.3) is 5.91 Å². The van der Waals surface area contributed by atoms with Gasteiger partial charge in [-0.25, -0.2) is 8.42 Å². The summed E-state index contributed by atoms with van der Waals surface area (Å²) >= 11 is 1.63. The van der Waals surface area contributed by atoms with Crippen molar-refractivity contribution in [3.05, 3.63) is 28.8 Å². The van der Waals surface area contributed by atoms with E-state index in [2.05, 4.69) is 10.2 Å². The number of carbonyl (C=O) groups excluding carboxylic acids is 1. The molecule has 2 aliphatic heterocycles. The maximum Gasteiger partial charge on any atom is 0.274 e. The molecule has 4 rings (SSSR count). The van der Waals surface area contributed by atoms with E-state index in [0.29, 0.717) is 18.8 Å². The molecular formula is C16H20N4O3S2. The van der Waals surface area contributed by atoms with E-state index >= 15 is 0 Å². The highest BCUT2D eigenvalue weighted by Crippen LogP contribution is 2.29. The number of likely N-dealkylation sites (N-methyl/N-ethyl adjacent to an activating group) is 1. The Labute approximate surface area is 150 Å². The highest BCUT2D eigenvalue weighted by molar-refractivity contribution is 7.91. The monoisotopic (exact) mass is 380 g/mol. The van der Waals surface area contributed by atoms with Crippen LogP contribution in [0.25, 0.3) is 10.6 Å². The van der Waals surface area contributed by atoms with Crippen molar-refractivity contribution in [2.75, 3.05) is 31.6 Å². The maximum atomic E-state index is 12.9. The van der Waals surface area contributed by atoms with E-state index in [9.17, 15) is 13.2 Å². The molecule has 0 saturated carbocycles. The van der Waals surface area contributed by atoms with Gasteiger partial charge in [0, 0.05) is 24.0 Å². The van der Waals surface area contributed by atoms with Crippen LogP contribution in [0.4, 0.5) is 0 Å². The number of aromatic amines is 1. The number of rotatable bonds is 2. The Hall–Kier alpha value is -1.71. The smallest absolute Gasteiger partial charge is 0.274 e. The Morgan fingerprint density at radius 3 is 2.76 bits per heavy atom. The van der Waals surface area contributed by atoms with Crippen molar-refractivity contribution in [3.8, 4) is 10.6 Å². The van der Waals surface area contributed by atoms with Gasteiger partial charge in [-0.1, -0.05) is 0 Å². The lowest BCUT2D eigenvalue weighted by atomic mass is 10.0. The number of nitrogens with zero attached hydrogens (tertiary/aromatic N) is 3. The number of nitrogens with one attached hydrogen (secondary N) is 1. The van der Waals surface area contributed by atoms with Gasteiger partial charge in [-0.3, -0.25) is 14.8 Å². The number of thiophene rings is 1. The van der Waals surface area contributed by atoms with Gasteiger partial charge in [-0.15, -0.1) is 11.3 Å². The van der Waals surface area contributed by atoms with Crippen molar-refractivity contribution in [1.29, 1.82) is 0 Å². The minimum absolute atomic E-state index is 0.0369. The molecule has 0 unspecified atom stereocenters. The van der Waals surface area contributed by atoms with Crippen LogP contribution in [0.5, 0.6) is 0 Å². The number of hydrogen-bond acceptors (Lipinski definition) is 6. The second-order valence-corrected chi connectivity index (χ2v) is 10.2. The predicted molar refractivity (Wildman–Crippen MR) is 96.5 cm³/mol. The molecule has 2 saturated heterocycles. The van der Waals surface area contributed by atoms with Crippen LogP contribution in [0.15, 0.2) is 18.2 Å². The zero-order chi connectivity index (χ0) is 17.8. The van der Waals surface area contributed by atoms with E-state index in [1.807, 2.05) is 31.0 Å². The first-order valence-electron chi connectivity index (χ1n) is 8.18. The second kappa shape index (κ2) is 5.93. The molecule has 2 aliphatic rings. The number of hydrogen-bond donors (Lipinski definition) is 1. The summed E-state index contributed by atoms with van der Waals surface area (Å²) in [4.78, 5) is 18.9. The van der Waals surface area contributed by atoms with Gasteiger partial charge in [-0.2, -0.15) is 5.10 Å². The lowest BCUT2D eigenvalue weighted by molar-refractivity contribution is 0.0404. The molecule has 134 valence electrons. The molecule has 2 fully saturated rings. The Bertz CT molecular complexity index is 917. The van der Waals surface area contributed by atoms with Gasteiger partial charge in [0.15, 0.2) is 15.5 Å². The van der Waals surface area contributed by atoms with Crippen LogP contribution >= 0.6 is 11.3 Å². The standard InChI is InChI=1S/C16H20N4O3S2/c1-10-3-4-15(24-10)11-7-12(18-17-11)16(21)20-6-5-19(2)13-8-25(22,23)9-14(13)20/h3-4,7,13-14H,5-6,8-9H2,1-2H3,(H,17,18)/t13-,14+/m1/s1. The Kier molecular flexibility index (Phi) is 3.97. The zero-order valence-corrected chi connectivity index (χ0v) is 15.7. The summed E-state index contributed by atoms with van der Waals surface area (Å²) in [6.07, 6.45) is 0. The van der Waals surface area contributed by atoms with Crippen LogP contribution in [0.2, 0.25) is 0 Å². The number of sulfone groups is 1. The zero-order valence-electron chi connectivity index (χ0n) is 14.1. The fourth-order valence-electron chi connectivity index (χ4n) is 3.66. The summed E-state index contributed by atoms with van der Waals surface area (Å²) in [5, 5.41) is 7.10. The lowest BCUT2D eigenvalue weighted by Gasteiger charge is -2.41. The van der Waals surface area contributed by atoms with Gasteiger partial charge in [0.05, 0.1) is 28.1 Å². The van der Waals surface area contributed by atoms with Crippen LogP contribution in [0.3, 0.4) is 0 Å². The number of fused-ring (bicyclic) bond motifs is 1. The molecule has 0 spiro atoms. The number of amides is 1. The van der Waals surface area contributed by atoms with E-state index in [0.717, 1.165) is 10.6 Å². The molecule has 25 heavy (non-hydrogen) atoms. The minimum Gasteiger partial charge on any atom is -0.330 e. The first kappa shape index (κ1) is 16.7.